The SMILES string of the molecule is C=CN(Cc1ccccc1-c1ccc(C)cc1)/C(=C\CC)C(=O)N1CCCC(N2CCC(C)(O)CC2)CC1. The summed E-state index contributed by atoms with van der Waals surface area (Å²) in [6.07, 6.45) is 9.38. The van der Waals surface area contributed by atoms with Crippen LogP contribution in [0.2, 0.25) is 0 Å². The molecule has 0 bridgehead atoms. The van der Waals surface area contributed by atoms with Gasteiger partial charge in [0, 0.05) is 38.8 Å². The third-order valence-electron chi connectivity index (χ3n) is 8.24. The Morgan fingerprint density at radius 1 is 1.08 bits per heavy atom. The number of amides is 1. The maximum absolute atomic E-state index is 13.9. The van der Waals surface area contributed by atoms with Crippen LogP contribution in [0, 0.1) is 6.92 Å². The monoisotopic (exact) mass is 515 g/mol. The molecule has 0 spiro atoms. The van der Waals surface area contributed by atoms with Gasteiger partial charge < -0.3 is 19.8 Å². The molecule has 1 unspecified atom stereocenters. The summed E-state index contributed by atoms with van der Waals surface area (Å²) in [5.74, 6) is 0.0989. The largest absolute Gasteiger partial charge is 0.390 e. The van der Waals surface area contributed by atoms with Crippen molar-refractivity contribution < 1.29 is 9.90 Å². The normalized spacial score (nSPS) is 20.6. The quantitative estimate of drug-likeness (QED) is 0.430. The van der Waals surface area contributed by atoms with Crippen LogP contribution in [0.25, 0.3) is 11.1 Å². The number of hydrogen-bond acceptors (Lipinski definition) is 4. The third-order valence-corrected chi connectivity index (χ3v) is 8.24. The minimum atomic E-state index is -0.532. The summed E-state index contributed by atoms with van der Waals surface area (Å²) in [6.45, 7) is 14.3. The zero-order valence-corrected chi connectivity index (χ0v) is 23.5. The molecule has 0 radical (unpaired) electrons. The molecule has 2 aliphatic heterocycles. The fraction of sp³-hybridized carbons (Fsp3) is 0.485. The van der Waals surface area contributed by atoms with Crippen LogP contribution < -0.4 is 0 Å². The highest BCUT2D eigenvalue weighted by molar-refractivity contribution is 5.93. The molecule has 0 aliphatic carbocycles. The molecule has 5 nitrogen and oxygen atoms in total. The van der Waals surface area contributed by atoms with Crippen molar-refractivity contribution in [3.63, 3.8) is 0 Å². The van der Waals surface area contributed by atoms with Gasteiger partial charge in [-0.05, 0) is 75.3 Å². The molecule has 5 heteroatoms. The molecule has 204 valence electrons. The zero-order valence-electron chi connectivity index (χ0n) is 23.5. The number of aliphatic hydroxyl groups is 1. The van der Waals surface area contributed by atoms with Gasteiger partial charge in [-0.3, -0.25) is 4.79 Å². The first-order valence-corrected chi connectivity index (χ1v) is 14.3. The number of carbonyl (C=O) groups is 1. The van der Waals surface area contributed by atoms with Crippen molar-refractivity contribution in [1.29, 1.82) is 0 Å². The lowest BCUT2D eigenvalue weighted by atomic mass is 9.92. The van der Waals surface area contributed by atoms with Gasteiger partial charge in [0.05, 0.1) is 5.60 Å². The van der Waals surface area contributed by atoms with E-state index in [0.717, 1.165) is 64.7 Å². The first-order chi connectivity index (χ1) is 18.3. The van der Waals surface area contributed by atoms with E-state index in [1.54, 1.807) is 6.20 Å². The minimum absolute atomic E-state index is 0.0989. The molecular formula is C33H45N3O2. The Labute approximate surface area is 229 Å². The van der Waals surface area contributed by atoms with Crippen LogP contribution in [0.3, 0.4) is 0 Å². The van der Waals surface area contributed by atoms with Gasteiger partial charge in [0.1, 0.15) is 5.70 Å². The molecule has 2 aromatic rings. The Balaban J connectivity index is 1.47. The highest BCUT2D eigenvalue weighted by Gasteiger charge is 2.33. The lowest BCUT2D eigenvalue weighted by molar-refractivity contribution is -0.128. The molecular weight excluding hydrogens is 470 g/mol. The minimum Gasteiger partial charge on any atom is -0.390 e. The number of rotatable bonds is 8. The molecule has 0 saturated carbocycles. The molecule has 1 atom stereocenters. The van der Waals surface area contributed by atoms with Gasteiger partial charge in [0.15, 0.2) is 0 Å². The summed E-state index contributed by atoms with van der Waals surface area (Å²) in [5.41, 5.74) is 4.96. The molecule has 1 amide bonds. The number of likely N-dealkylation sites (tertiary alicyclic amines) is 2. The van der Waals surface area contributed by atoms with Crippen LogP contribution in [0.4, 0.5) is 0 Å². The fourth-order valence-electron chi connectivity index (χ4n) is 5.81. The second-order valence-corrected chi connectivity index (χ2v) is 11.2. The lowest BCUT2D eigenvalue weighted by Gasteiger charge is -2.40. The maximum atomic E-state index is 13.9. The van der Waals surface area contributed by atoms with Gasteiger partial charge in [-0.15, -0.1) is 0 Å². The van der Waals surface area contributed by atoms with Crippen molar-refractivity contribution in [3.8, 4) is 11.1 Å². The van der Waals surface area contributed by atoms with Gasteiger partial charge in [-0.1, -0.05) is 73.7 Å². The molecule has 2 aliphatic rings. The predicted octanol–water partition coefficient (Wildman–Crippen LogP) is 6.13. The summed E-state index contributed by atoms with van der Waals surface area (Å²) in [6, 6.07) is 17.5. The Morgan fingerprint density at radius 2 is 1.79 bits per heavy atom. The van der Waals surface area contributed by atoms with E-state index in [4.69, 9.17) is 0 Å². The average Bonchev–Trinajstić information content (AvgIpc) is 3.17. The maximum Gasteiger partial charge on any atom is 0.270 e. The molecule has 2 aromatic carbocycles. The van der Waals surface area contributed by atoms with Crippen molar-refractivity contribution in [2.75, 3.05) is 26.2 Å². The number of hydrogen-bond donors (Lipinski definition) is 1. The van der Waals surface area contributed by atoms with Crippen LogP contribution in [0.1, 0.15) is 63.5 Å². The number of benzene rings is 2. The summed E-state index contributed by atoms with van der Waals surface area (Å²) in [7, 11) is 0. The highest BCUT2D eigenvalue weighted by atomic mass is 16.3. The summed E-state index contributed by atoms with van der Waals surface area (Å²) in [5, 5.41) is 10.3. The van der Waals surface area contributed by atoms with E-state index in [1.807, 2.05) is 22.8 Å². The van der Waals surface area contributed by atoms with Crippen molar-refractivity contribution in [2.45, 2.75) is 77.5 Å². The Bertz CT molecular complexity index is 1110. The Morgan fingerprint density at radius 3 is 2.47 bits per heavy atom. The molecule has 4 rings (SSSR count). The van der Waals surface area contributed by atoms with Crippen LogP contribution >= 0.6 is 0 Å². The average molecular weight is 516 g/mol. The molecule has 38 heavy (non-hydrogen) atoms. The molecule has 2 heterocycles. The first-order valence-electron chi connectivity index (χ1n) is 14.3. The van der Waals surface area contributed by atoms with Crippen molar-refractivity contribution >= 4 is 5.91 Å². The smallest absolute Gasteiger partial charge is 0.270 e. The topological polar surface area (TPSA) is 47.0 Å². The van der Waals surface area contributed by atoms with Crippen LogP contribution in [0.5, 0.6) is 0 Å². The zero-order chi connectivity index (χ0) is 27.1. The van der Waals surface area contributed by atoms with E-state index in [0.29, 0.717) is 18.3 Å². The standard InChI is InChI=1S/C33H45N3O2/c1-5-10-31(32(37)36-21-9-12-29(18-22-36)35-23-19-33(4,38)20-24-35)34(6-2)25-28-11-7-8-13-30(28)27-16-14-26(3)15-17-27/h6-8,10-11,13-17,29,38H,2,5,9,12,18-25H2,1,3-4H3/b31-10-. The van der Waals surface area contributed by atoms with Gasteiger partial charge in [0.2, 0.25) is 0 Å². The van der Waals surface area contributed by atoms with Crippen molar-refractivity contribution in [1.82, 2.24) is 14.7 Å². The number of piperidine rings is 1. The molecule has 2 fully saturated rings. The van der Waals surface area contributed by atoms with E-state index in [2.05, 4.69) is 73.9 Å². The Kier molecular flexibility index (Phi) is 9.45. The second-order valence-electron chi connectivity index (χ2n) is 11.2. The number of carbonyl (C=O) groups excluding carboxylic acids is 1. The van der Waals surface area contributed by atoms with Crippen molar-refractivity contribution in [2.24, 2.45) is 0 Å². The van der Waals surface area contributed by atoms with Gasteiger partial charge >= 0.3 is 0 Å². The number of allylic oxidation sites excluding steroid dienone is 1. The Hall–Kier alpha value is -2.89. The fourth-order valence-corrected chi connectivity index (χ4v) is 5.81. The molecule has 2 saturated heterocycles. The van der Waals surface area contributed by atoms with E-state index in [1.165, 1.54) is 22.3 Å². The van der Waals surface area contributed by atoms with Crippen LogP contribution in [0.15, 0.2) is 73.1 Å². The molecule has 0 aromatic heterocycles. The number of nitrogens with zero attached hydrogens (tertiary/aromatic N) is 3. The molecule has 1 N–H and O–H groups in total. The van der Waals surface area contributed by atoms with Crippen LogP contribution in [-0.2, 0) is 11.3 Å². The van der Waals surface area contributed by atoms with E-state index >= 15 is 0 Å². The van der Waals surface area contributed by atoms with Crippen LogP contribution in [-0.4, -0.2) is 63.5 Å². The van der Waals surface area contributed by atoms with Crippen molar-refractivity contribution in [3.05, 3.63) is 84.2 Å². The van der Waals surface area contributed by atoms with Gasteiger partial charge in [-0.2, -0.15) is 0 Å². The van der Waals surface area contributed by atoms with Gasteiger partial charge in [-0.25, -0.2) is 0 Å². The summed E-state index contributed by atoms with van der Waals surface area (Å²) < 4.78 is 0. The summed E-state index contributed by atoms with van der Waals surface area (Å²) in [4.78, 5) is 20.5. The highest BCUT2D eigenvalue weighted by Crippen LogP contribution is 2.29. The predicted molar refractivity (Wildman–Crippen MR) is 156 cm³/mol. The second kappa shape index (κ2) is 12.8. The first kappa shape index (κ1) is 28.1. The lowest BCUT2D eigenvalue weighted by Crippen LogP contribution is -2.47. The van der Waals surface area contributed by atoms with E-state index < -0.39 is 5.60 Å². The summed E-state index contributed by atoms with van der Waals surface area (Å²) >= 11 is 0. The van der Waals surface area contributed by atoms with E-state index in [9.17, 15) is 9.90 Å². The number of aryl methyl sites for hydroxylation is 1. The third kappa shape index (κ3) is 6.95. The van der Waals surface area contributed by atoms with E-state index in [-0.39, 0.29) is 5.91 Å². The van der Waals surface area contributed by atoms with Gasteiger partial charge in [0.25, 0.3) is 5.91 Å².